The smallest absolute Gasteiger partial charge is 0.137 e. The number of aryl methyl sites for hydroxylation is 1. The first-order valence-corrected chi connectivity index (χ1v) is 19.1. The van der Waals surface area contributed by atoms with Crippen LogP contribution in [-0.4, -0.2) is 19.3 Å². The first-order chi connectivity index (χ1) is 25.1. The van der Waals surface area contributed by atoms with Gasteiger partial charge in [0, 0.05) is 34.7 Å². The van der Waals surface area contributed by atoms with Gasteiger partial charge in [0.05, 0.1) is 28.1 Å². The summed E-state index contributed by atoms with van der Waals surface area (Å²) in [5.74, 6) is 3.12. The second-order valence-corrected chi connectivity index (χ2v) is 17.5. The summed E-state index contributed by atoms with van der Waals surface area (Å²) in [6.45, 7) is 25.1. The van der Waals surface area contributed by atoms with Gasteiger partial charge in [0.25, 0.3) is 0 Å². The Bertz CT molecular complexity index is 2410. The maximum Gasteiger partial charge on any atom is 0.137 e. The van der Waals surface area contributed by atoms with E-state index in [9.17, 15) is 0 Å². The quantitative estimate of drug-likeness (QED) is 0.158. The molecule has 0 saturated heterocycles. The lowest BCUT2D eigenvalue weighted by atomic mass is 9.78. The van der Waals surface area contributed by atoms with Gasteiger partial charge in [-0.3, -0.25) is 4.57 Å². The summed E-state index contributed by atoms with van der Waals surface area (Å²) in [5, 5.41) is 7.76. The van der Waals surface area contributed by atoms with Crippen LogP contribution in [0.1, 0.15) is 103 Å². The molecule has 3 heterocycles. The van der Waals surface area contributed by atoms with Crippen LogP contribution in [0, 0.1) is 12.8 Å². The predicted molar refractivity (Wildman–Crippen MR) is 222 cm³/mol. The summed E-state index contributed by atoms with van der Waals surface area (Å²) in [4.78, 5) is 4.76. The summed E-state index contributed by atoms with van der Waals surface area (Å²) in [6.07, 6.45) is 2.78. The highest BCUT2D eigenvalue weighted by Gasteiger charge is 2.27. The molecule has 0 amide bonds. The minimum Gasteiger partial charge on any atom is -0.457 e. The Labute approximate surface area is 315 Å². The molecule has 0 N–H and O–H groups in total. The number of hydrogen-bond acceptors (Lipinski definition) is 3. The number of rotatable bonds is 8. The second kappa shape index (κ2) is 13.7. The molecule has 0 spiro atoms. The number of para-hydroxylation sites is 1. The van der Waals surface area contributed by atoms with E-state index in [1.807, 2.05) is 18.3 Å². The Hall–Kier alpha value is -5.16. The van der Waals surface area contributed by atoms with Crippen molar-refractivity contribution in [3.63, 3.8) is 0 Å². The zero-order valence-corrected chi connectivity index (χ0v) is 33.4. The number of nitrogens with zero attached hydrogens (tertiary/aromatic N) is 4. The largest absolute Gasteiger partial charge is 0.457 e. The van der Waals surface area contributed by atoms with Gasteiger partial charge in [-0.25, -0.2) is 9.67 Å². The highest BCUT2D eigenvalue weighted by Crippen LogP contribution is 2.41. The molecule has 0 radical (unpaired) electrons. The van der Waals surface area contributed by atoms with E-state index in [0.717, 1.165) is 46.2 Å². The van der Waals surface area contributed by atoms with Crippen LogP contribution < -0.4 is 4.74 Å². The van der Waals surface area contributed by atoms with Gasteiger partial charge in [-0.05, 0) is 101 Å². The lowest BCUT2D eigenvalue weighted by molar-refractivity contribution is 0.482. The number of ether oxygens (including phenoxy) is 1. The van der Waals surface area contributed by atoms with E-state index in [1.165, 1.54) is 44.3 Å². The maximum atomic E-state index is 6.68. The van der Waals surface area contributed by atoms with Crippen molar-refractivity contribution >= 4 is 21.8 Å². The van der Waals surface area contributed by atoms with Crippen LogP contribution >= 0.6 is 0 Å². The molecule has 0 fully saturated rings. The fourth-order valence-electron chi connectivity index (χ4n) is 7.34. The highest BCUT2D eigenvalue weighted by atomic mass is 16.5. The van der Waals surface area contributed by atoms with E-state index in [0.29, 0.717) is 5.92 Å². The number of hydrogen-bond donors (Lipinski definition) is 0. The van der Waals surface area contributed by atoms with E-state index in [1.54, 1.807) is 0 Å². The monoisotopic (exact) mass is 702 g/mol. The van der Waals surface area contributed by atoms with Crippen LogP contribution in [0.15, 0.2) is 103 Å². The molecule has 0 saturated carbocycles. The molecule has 7 rings (SSSR count). The lowest BCUT2D eigenvalue weighted by Crippen LogP contribution is -2.16. The Morgan fingerprint density at radius 3 is 2.02 bits per heavy atom. The van der Waals surface area contributed by atoms with E-state index in [2.05, 4.69) is 170 Å². The molecule has 0 aliphatic rings. The van der Waals surface area contributed by atoms with Crippen molar-refractivity contribution in [3.8, 4) is 34.1 Å². The van der Waals surface area contributed by atoms with Gasteiger partial charge in [0.1, 0.15) is 17.3 Å². The topological polar surface area (TPSA) is 44.9 Å². The molecule has 0 aliphatic heterocycles. The predicted octanol–water partition coefficient (Wildman–Crippen LogP) is 13.0. The van der Waals surface area contributed by atoms with E-state index in [-0.39, 0.29) is 16.7 Å². The first-order valence-electron chi connectivity index (χ1n) is 19.1. The third-order valence-electron chi connectivity index (χ3n) is 10.2. The summed E-state index contributed by atoms with van der Waals surface area (Å²) >= 11 is 0. The molecule has 53 heavy (non-hydrogen) atoms. The number of benzene rings is 4. The zero-order valence-electron chi connectivity index (χ0n) is 33.4. The molecular formula is C48H54N4O. The molecule has 5 nitrogen and oxygen atoms in total. The summed E-state index contributed by atoms with van der Waals surface area (Å²) in [6, 6.07) is 34.6. The minimum absolute atomic E-state index is 0.0157. The standard InChI is InChI=1S/C48H54N4O/c1-30(2)23-43-45(33-25-34(47(6,7)8)27-35(26-33)48(9,10)11)46(31(3)4)50-52(43)36-15-14-16-37(28-36)53-38-19-20-40-39-17-12-13-18-41(39)51(42(40)29-38)44-24-32(5)21-22-49-44/h12-22,24-31H,23H2,1-11H3. The Balaban J connectivity index is 1.35. The average Bonchev–Trinajstić information content (AvgIpc) is 3.63. The third kappa shape index (κ3) is 7.14. The number of fused-ring (bicyclic) bond motifs is 3. The number of aromatic nitrogens is 4. The van der Waals surface area contributed by atoms with Crippen molar-refractivity contribution in [2.24, 2.45) is 5.92 Å². The van der Waals surface area contributed by atoms with Gasteiger partial charge in [-0.2, -0.15) is 5.10 Å². The fourth-order valence-corrected chi connectivity index (χ4v) is 7.34. The Morgan fingerprint density at radius 2 is 1.36 bits per heavy atom. The van der Waals surface area contributed by atoms with Gasteiger partial charge in [0.15, 0.2) is 0 Å². The molecule has 5 heteroatoms. The summed E-state index contributed by atoms with van der Waals surface area (Å²) in [7, 11) is 0. The maximum absolute atomic E-state index is 6.68. The van der Waals surface area contributed by atoms with Gasteiger partial charge in [0.2, 0.25) is 0 Å². The van der Waals surface area contributed by atoms with Crippen LogP contribution in [0.5, 0.6) is 11.5 Å². The minimum atomic E-state index is 0.0157. The van der Waals surface area contributed by atoms with Gasteiger partial charge >= 0.3 is 0 Å². The van der Waals surface area contributed by atoms with Crippen LogP contribution in [0.25, 0.3) is 44.4 Å². The molecule has 272 valence electrons. The van der Waals surface area contributed by atoms with Crippen molar-refractivity contribution in [2.75, 3.05) is 0 Å². The van der Waals surface area contributed by atoms with E-state index in [4.69, 9.17) is 14.8 Å². The first kappa shape index (κ1) is 36.2. The van der Waals surface area contributed by atoms with Crippen LogP contribution in [0.2, 0.25) is 0 Å². The molecule has 7 aromatic rings. The van der Waals surface area contributed by atoms with Crippen molar-refractivity contribution in [3.05, 3.63) is 131 Å². The van der Waals surface area contributed by atoms with Crippen molar-refractivity contribution in [1.29, 1.82) is 0 Å². The summed E-state index contributed by atoms with van der Waals surface area (Å²) < 4.78 is 11.1. The normalized spacial score (nSPS) is 12.5. The molecule has 0 aliphatic carbocycles. The molecule has 0 bridgehead atoms. The fraction of sp³-hybridized carbons (Fsp3) is 0.333. The van der Waals surface area contributed by atoms with Crippen LogP contribution in [0.3, 0.4) is 0 Å². The molecule has 4 aromatic carbocycles. The number of pyridine rings is 1. The van der Waals surface area contributed by atoms with Gasteiger partial charge < -0.3 is 4.74 Å². The summed E-state index contributed by atoms with van der Waals surface area (Å²) in [5.41, 5.74) is 12.0. The molecule has 0 unspecified atom stereocenters. The molecule has 0 atom stereocenters. The lowest BCUT2D eigenvalue weighted by Gasteiger charge is -2.26. The van der Waals surface area contributed by atoms with Crippen molar-refractivity contribution < 1.29 is 4.74 Å². The highest BCUT2D eigenvalue weighted by molar-refractivity contribution is 6.09. The zero-order chi connectivity index (χ0) is 37.8. The van der Waals surface area contributed by atoms with Gasteiger partial charge in [-0.1, -0.05) is 112 Å². The second-order valence-electron chi connectivity index (χ2n) is 17.5. The van der Waals surface area contributed by atoms with Crippen molar-refractivity contribution in [1.82, 2.24) is 19.3 Å². The van der Waals surface area contributed by atoms with E-state index >= 15 is 0 Å². The van der Waals surface area contributed by atoms with Gasteiger partial charge in [-0.15, -0.1) is 0 Å². The van der Waals surface area contributed by atoms with Crippen LogP contribution in [-0.2, 0) is 17.3 Å². The van der Waals surface area contributed by atoms with Crippen molar-refractivity contribution in [2.45, 2.75) is 99.3 Å². The third-order valence-corrected chi connectivity index (χ3v) is 10.2. The SMILES string of the molecule is Cc1ccnc(-n2c3ccccc3c3ccc(Oc4cccc(-n5nc(C(C)C)c(-c6cc(C(C)(C)C)cc(C(C)(C)C)c6)c5CC(C)C)c4)cc32)c1. The van der Waals surface area contributed by atoms with E-state index < -0.39 is 0 Å². The Morgan fingerprint density at radius 1 is 0.679 bits per heavy atom. The molecule has 3 aromatic heterocycles. The van der Waals surface area contributed by atoms with Crippen LogP contribution in [0.4, 0.5) is 0 Å². The Kier molecular flexibility index (Phi) is 9.34. The molecular weight excluding hydrogens is 649 g/mol. The average molecular weight is 703 g/mol.